The molecule has 4 heteroatoms. The zero-order valence-electron chi connectivity index (χ0n) is 9.16. The lowest BCUT2D eigenvalue weighted by molar-refractivity contribution is -0.118. The van der Waals surface area contributed by atoms with E-state index >= 15 is 0 Å². The molecule has 0 aliphatic rings. The van der Waals surface area contributed by atoms with E-state index < -0.39 is 0 Å². The maximum absolute atomic E-state index is 10.8. The Kier molecular flexibility index (Phi) is 2.66. The van der Waals surface area contributed by atoms with E-state index in [4.69, 9.17) is 11.5 Å². The molecule has 0 radical (unpaired) electrons. The van der Waals surface area contributed by atoms with E-state index in [1.54, 1.807) is 0 Å². The fourth-order valence-electron chi connectivity index (χ4n) is 1.96. The van der Waals surface area contributed by atoms with E-state index in [0.717, 1.165) is 22.0 Å². The Morgan fingerprint density at radius 1 is 1.50 bits per heavy atom. The standard InChI is InChI=1S/C12H15N3O/c1-7-3-2-4-8-9(6-15-12(7)8)10(13)5-11(14)16/h2-4,6,10,15H,5,13H2,1H3,(H2,14,16). The first-order chi connectivity index (χ1) is 7.59. The van der Waals surface area contributed by atoms with E-state index in [1.807, 2.05) is 31.3 Å². The van der Waals surface area contributed by atoms with Gasteiger partial charge in [0.1, 0.15) is 0 Å². The van der Waals surface area contributed by atoms with Gasteiger partial charge in [-0.25, -0.2) is 0 Å². The van der Waals surface area contributed by atoms with Gasteiger partial charge in [0, 0.05) is 29.6 Å². The van der Waals surface area contributed by atoms with Gasteiger partial charge in [0.05, 0.1) is 0 Å². The number of carbonyl (C=O) groups is 1. The van der Waals surface area contributed by atoms with E-state index in [0.29, 0.717) is 0 Å². The molecule has 1 heterocycles. The Morgan fingerprint density at radius 2 is 2.25 bits per heavy atom. The number of carbonyl (C=O) groups excluding carboxylic acids is 1. The van der Waals surface area contributed by atoms with Crippen molar-refractivity contribution < 1.29 is 4.79 Å². The molecule has 1 aromatic carbocycles. The molecule has 0 bridgehead atoms. The Morgan fingerprint density at radius 3 is 2.94 bits per heavy atom. The highest BCUT2D eigenvalue weighted by Gasteiger charge is 2.14. The van der Waals surface area contributed by atoms with Crippen LogP contribution in [0.1, 0.15) is 23.6 Å². The van der Waals surface area contributed by atoms with Crippen molar-refractivity contribution in [2.24, 2.45) is 11.5 Å². The van der Waals surface area contributed by atoms with Crippen LogP contribution < -0.4 is 11.5 Å². The number of aromatic amines is 1. The highest BCUT2D eigenvalue weighted by Crippen LogP contribution is 2.26. The molecule has 84 valence electrons. The number of nitrogens with two attached hydrogens (primary N) is 2. The molecule has 0 saturated heterocycles. The first-order valence-corrected chi connectivity index (χ1v) is 5.20. The molecule has 0 spiro atoms. The number of amides is 1. The number of hydrogen-bond donors (Lipinski definition) is 3. The van der Waals surface area contributed by atoms with Gasteiger partial charge in [0.2, 0.25) is 5.91 Å². The molecule has 0 fully saturated rings. The van der Waals surface area contributed by atoms with Crippen LogP contribution in [0.25, 0.3) is 10.9 Å². The van der Waals surface area contributed by atoms with Gasteiger partial charge in [-0.05, 0) is 18.1 Å². The largest absolute Gasteiger partial charge is 0.370 e. The van der Waals surface area contributed by atoms with Crippen LogP contribution in [0.4, 0.5) is 0 Å². The average molecular weight is 217 g/mol. The molecular formula is C12H15N3O. The molecule has 1 aromatic heterocycles. The van der Waals surface area contributed by atoms with Crippen LogP contribution in [-0.2, 0) is 4.79 Å². The number of H-pyrrole nitrogens is 1. The molecule has 2 rings (SSSR count). The Balaban J connectivity index is 2.46. The van der Waals surface area contributed by atoms with E-state index in [1.165, 1.54) is 0 Å². The van der Waals surface area contributed by atoms with Gasteiger partial charge in [-0.2, -0.15) is 0 Å². The van der Waals surface area contributed by atoms with E-state index in [-0.39, 0.29) is 18.4 Å². The summed E-state index contributed by atoms with van der Waals surface area (Å²) in [6, 6.07) is 5.66. The molecular weight excluding hydrogens is 202 g/mol. The fraction of sp³-hybridized carbons (Fsp3) is 0.250. The van der Waals surface area contributed by atoms with Crippen LogP contribution in [-0.4, -0.2) is 10.9 Å². The number of hydrogen-bond acceptors (Lipinski definition) is 2. The zero-order valence-corrected chi connectivity index (χ0v) is 9.16. The molecule has 1 unspecified atom stereocenters. The third-order valence-electron chi connectivity index (χ3n) is 2.78. The number of nitrogens with one attached hydrogen (secondary N) is 1. The Labute approximate surface area is 93.6 Å². The van der Waals surface area contributed by atoms with Crippen LogP contribution in [0.3, 0.4) is 0 Å². The fourth-order valence-corrected chi connectivity index (χ4v) is 1.96. The van der Waals surface area contributed by atoms with Gasteiger partial charge < -0.3 is 16.5 Å². The van der Waals surface area contributed by atoms with E-state index in [9.17, 15) is 4.79 Å². The minimum absolute atomic E-state index is 0.168. The Hall–Kier alpha value is -1.81. The lowest BCUT2D eigenvalue weighted by Crippen LogP contribution is -2.20. The van der Waals surface area contributed by atoms with Gasteiger partial charge in [0.15, 0.2) is 0 Å². The molecule has 16 heavy (non-hydrogen) atoms. The van der Waals surface area contributed by atoms with Gasteiger partial charge in [0.25, 0.3) is 0 Å². The predicted octanol–water partition coefficient (Wildman–Crippen LogP) is 1.35. The molecule has 5 N–H and O–H groups in total. The summed E-state index contributed by atoms with van der Waals surface area (Å²) in [5.74, 6) is -0.380. The van der Waals surface area contributed by atoms with Crippen molar-refractivity contribution in [3.05, 3.63) is 35.5 Å². The molecule has 0 aliphatic heterocycles. The topological polar surface area (TPSA) is 84.9 Å². The second-order valence-electron chi connectivity index (χ2n) is 4.02. The average Bonchev–Trinajstić information content (AvgIpc) is 2.61. The van der Waals surface area contributed by atoms with Crippen molar-refractivity contribution in [1.29, 1.82) is 0 Å². The molecule has 1 amide bonds. The molecule has 0 aliphatic carbocycles. The van der Waals surface area contributed by atoms with Gasteiger partial charge in [-0.3, -0.25) is 4.79 Å². The number of aryl methyl sites for hydroxylation is 1. The van der Waals surface area contributed by atoms with Crippen molar-refractivity contribution in [1.82, 2.24) is 4.98 Å². The summed E-state index contributed by atoms with van der Waals surface area (Å²) in [5.41, 5.74) is 14.3. The van der Waals surface area contributed by atoms with Crippen molar-refractivity contribution in [3.63, 3.8) is 0 Å². The molecule has 1 atom stereocenters. The monoisotopic (exact) mass is 217 g/mol. The lowest BCUT2D eigenvalue weighted by atomic mass is 10.0. The second-order valence-corrected chi connectivity index (χ2v) is 4.02. The summed E-state index contributed by atoms with van der Waals surface area (Å²) < 4.78 is 0. The van der Waals surface area contributed by atoms with Gasteiger partial charge >= 0.3 is 0 Å². The lowest BCUT2D eigenvalue weighted by Gasteiger charge is -2.08. The van der Waals surface area contributed by atoms with Crippen molar-refractivity contribution in [2.75, 3.05) is 0 Å². The quantitative estimate of drug-likeness (QED) is 0.725. The Bertz CT molecular complexity index is 530. The van der Waals surface area contributed by atoms with Crippen molar-refractivity contribution in [3.8, 4) is 0 Å². The number of primary amides is 1. The highest BCUT2D eigenvalue weighted by molar-refractivity contribution is 5.87. The number of para-hydroxylation sites is 1. The van der Waals surface area contributed by atoms with Crippen LogP contribution in [0, 0.1) is 6.92 Å². The first-order valence-electron chi connectivity index (χ1n) is 5.20. The summed E-state index contributed by atoms with van der Waals surface area (Å²) in [4.78, 5) is 14.0. The number of benzene rings is 1. The minimum atomic E-state index is -0.380. The molecule has 0 saturated carbocycles. The van der Waals surface area contributed by atoms with Crippen molar-refractivity contribution in [2.45, 2.75) is 19.4 Å². The summed E-state index contributed by atoms with van der Waals surface area (Å²) in [6.45, 7) is 2.03. The van der Waals surface area contributed by atoms with E-state index in [2.05, 4.69) is 4.98 Å². The normalized spacial score (nSPS) is 12.9. The maximum Gasteiger partial charge on any atom is 0.219 e. The van der Waals surface area contributed by atoms with Crippen molar-refractivity contribution >= 4 is 16.8 Å². The minimum Gasteiger partial charge on any atom is -0.370 e. The maximum atomic E-state index is 10.8. The third-order valence-corrected chi connectivity index (χ3v) is 2.78. The van der Waals surface area contributed by atoms with Gasteiger partial charge in [-0.15, -0.1) is 0 Å². The summed E-state index contributed by atoms with van der Waals surface area (Å²) in [5, 5.41) is 1.06. The zero-order chi connectivity index (χ0) is 11.7. The van der Waals surface area contributed by atoms with Crippen LogP contribution in [0.2, 0.25) is 0 Å². The van der Waals surface area contributed by atoms with Gasteiger partial charge in [-0.1, -0.05) is 18.2 Å². The molecule has 2 aromatic rings. The first kappa shape index (κ1) is 10.7. The van der Waals surface area contributed by atoms with Crippen LogP contribution in [0.5, 0.6) is 0 Å². The number of rotatable bonds is 3. The smallest absolute Gasteiger partial charge is 0.219 e. The van der Waals surface area contributed by atoms with Crippen LogP contribution in [0.15, 0.2) is 24.4 Å². The SMILES string of the molecule is Cc1cccc2c(C(N)CC(N)=O)c[nH]c12. The summed E-state index contributed by atoms with van der Waals surface area (Å²) in [6.07, 6.45) is 2.02. The number of aromatic nitrogens is 1. The highest BCUT2D eigenvalue weighted by atomic mass is 16.1. The third kappa shape index (κ3) is 1.79. The predicted molar refractivity (Wildman–Crippen MR) is 63.8 cm³/mol. The summed E-state index contributed by atoms with van der Waals surface area (Å²) in [7, 11) is 0. The molecule has 4 nitrogen and oxygen atoms in total. The number of fused-ring (bicyclic) bond motifs is 1. The second kappa shape index (κ2) is 3.98. The summed E-state index contributed by atoms with van der Waals surface area (Å²) >= 11 is 0. The van der Waals surface area contributed by atoms with Crippen LogP contribution >= 0.6 is 0 Å².